The second-order valence-corrected chi connectivity index (χ2v) is 6.79. The summed E-state index contributed by atoms with van der Waals surface area (Å²) in [6, 6.07) is 21.4. The van der Waals surface area contributed by atoms with Gasteiger partial charge in [0.05, 0.1) is 0 Å². The minimum absolute atomic E-state index is 0.305. The zero-order chi connectivity index (χ0) is 18.6. The van der Waals surface area contributed by atoms with Crippen molar-refractivity contribution in [2.24, 2.45) is 0 Å². The Morgan fingerprint density at radius 1 is 0.926 bits per heavy atom. The predicted octanol–water partition coefficient (Wildman–Crippen LogP) is 5.88. The van der Waals surface area contributed by atoms with Crippen LogP contribution < -0.4 is 4.74 Å². The van der Waals surface area contributed by atoms with Crippen LogP contribution in [0.1, 0.15) is 5.56 Å². The molecule has 0 saturated carbocycles. The number of halogens is 2. The smallest absolute Gasteiger partial charge is 0.258 e. The Hall–Kier alpha value is -2.99. The first-order chi connectivity index (χ1) is 13.2. The summed E-state index contributed by atoms with van der Waals surface area (Å²) >= 11 is 3.40. The molecule has 27 heavy (non-hydrogen) atoms. The van der Waals surface area contributed by atoms with E-state index in [9.17, 15) is 4.39 Å². The van der Waals surface area contributed by atoms with Gasteiger partial charge < -0.3 is 9.26 Å². The molecule has 0 saturated heterocycles. The van der Waals surface area contributed by atoms with E-state index in [4.69, 9.17) is 9.26 Å². The van der Waals surface area contributed by atoms with E-state index >= 15 is 0 Å². The molecule has 3 aromatic carbocycles. The van der Waals surface area contributed by atoms with Crippen molar-refractivity contribution >= 4 is 15.9 Å². The molecular formula is C21H14BrFN2O2. The van der Waals surface area contributed by atoms with E-state index in [-0.39, 0.29) is 5.82 Å². The monoisotopic (exact) mass is 424 g/mol. The normalized spacial score (nSPS) is 10.7. The molecule has 0 aliphatic carbocycles. The van der Waals surface area contributed by atoms with Crippen molar-refractivity contribution < 1.29 is 13.7 Å². The van der Waals surface area contributed by atoms with E-state index in [0.29, 0.717) is 23.9 Å². The molecule has 4 rings (SSSR count). The fourth-order valence-corrected chi connectivity index (χ4v) is 2.81. The van der Waals surface area contributed by atoms with Gasteiger partial charge in [0.15, 0.2) is 0 Å². The van der Waals surface area contributed by atoms with Crippen LogP contribution in [-0.2, 0) is 6.61 Å². The Morgan fingerprint density at radius 2 is 1.70 bits per heavy atom. The minimum Gasteiger partial charge on any atom is -0.489 e. The highest BCUT2D eigenvalue weighted by atomic mass is 79.9. The van der Waals surface area contributed by atoms with Crippen LogP contribution in [0, 0.1) is 5.82 Å². The average molecular weight is 425 g/mol. The lowest BCUT2D eigenvalue weighted by molar-refractivity contribution is 0.306. The van der Waals surface area contributed by atoms with Crippen molar-refractivity contribution in [3.63, 3.8) is 0 Å². The summed E-state index contributed by atoms with van der Waals surface area (Å²) in [7, 11) is 0. The maximum Gasteiger partial charge on any atom is 0.258 e. The summed E-state index contributed by atoms with van der Waals surface area (Å²) < 4.78 is 25.2. The molecule has 0 atom stereocenters. The minimum atomic E-state index is -0.305. The molecule has 1 heterocycles. The average Bonchev–Trinajstić information content (AvgIpc) is 3.19. The number of aromatic nitrogens is 2. The predicted molar refractivity (Wildman–Crippen MR) is 104 cm³/mol. The summed E-state index contributed by atoms with van der Waals surface area (Å²) in [6.45, 7) is 0.425. The molecule has 0 amide bonds. The zero-order valence-electron chi connectivity index (χ0n) is 14.1. The molecule has 0 radical (unpaired) electrons. The van der Waals surface area contributed by atoms with Crippen LogP contribution in [0.2, 0.25) is 0 Å². The molecule has 4 aromatic rings. The standard InChI is InChI=1S/C21H14BrFN2O2/c22-17-6-10-19(11-7-17)26-13-14-2-1-3-16(12-14)21-24-20(25-27-21)15-4-8-18(23)9-5-15/h1-12H,13H2. The first-order valence-electron chi connectivity index (χ1n) is 8.25. The van der Waals surface area contributed by atoms with Gasteiger partial charge in [0.2, 0.25) is 5.82 Å². The van der Waals surface area contributed by atoms with Gasteiger partial charge in [-0.3, -0.25) is 0 Å². The number of hydrogen-bond acceptors (Lipinski definition) is 4. The third-order valence-corrected chi connectivity index (χ3v) is 4.45. The number of rotatable bonds is 5. The van der Waals surface area contributed by atoms with Gasteiger partial charge in [0, 0.05) is 15.6 Å². The molecular weight excluding hydrogens is 411 g/mol. The Bertz CT molecular complexity index is 1050. The third kappa shape index (κ3) is 4.23. The molecule has 0 unspecified atom stereocenters. The van der Waals surface area contributed by atoms with Crippen molar-refractivity contribution in [2.75, 3.05) is 0 Å². The summed E-state index contributed by atoms with van der Waals surface area (Å²) in [5, 5.41) is 3.98. The van der Waals surface area contributed by atoms with E-state index in [1.54, 1.807) is 12.1 Å². The highest BCUT2D eigenvalue weighted by Gasteiger charge is 2.11. The Morgan fingerprint density at radius 3 is 2.48 bits per heavy atom. The van der Waals surface area contributed by atoms with Crippen LogP contribution in [0.15, 0.2) is 81.8 Å². The van der Waals surface area contributed by atoms with Crippen molar-refractivity contribution in [2.45, 2.75) is 6.61 Å². The molecule has 0 bridgehead atoms. The summed E-state index contributed by atoms with van der Waals surface area (Å²) in [5.41, 5.74) is 2.48. The second-order valence-electron chi connectivity index (χ2n) is 5.87. The molecule has 1 aromatic heterocycles. The lowest BCUT2D eigenvalue weighted by atomic mass is 10.1. The fraction of sp³-hybridized carbons (Fsp3) is 0.0476. The summed E-state index contributed by atoms with van der Waals surface area (Å²) in [4.78, 5) is 4.40. The largest absolute Gasteiger partial charge is 0.489 e. The second kappa shape index (κ2) is 7.72. The molecule has 0 aliphatic heterocycles. The van der Waals surface area contributed by atoms with E-state index in [1.165, 1.54) is 12.1 Å². The number of ether oxygens (including phenoxy) is 1. The molecule has 0 aliphatic rings. The van der Waals surface area contributed by atoms with Crippen molar-refractivity contribution in [3.8, 4) is 28.6 Å². The lowest BCUT2D eigenvalue weighted by Crippen LogP contribution is -1.95. The van der Waals surface area contributed by atoms with Gasteiger partial charge in [-0.05, 0) is 66.2 Å². The first-order valence-corrected chi connectivity index (χ1v) is 9.04. The van der Waals surface area contributed by atoms with Gasteiger partial charge in [0.1, 0.15) is 18.2 Å². The van der Waals surface area contributed by atoms with Gasteiger partial charge >= 0.3 is 0 Å². The third-order valence-electron chi connectivity index (χ3n) is 3.92. The maximum atomic E-state index is 13.1. The van der Waals surface area contributed by atoms with Gasteiger partial charge in [0.25, 0.3) is 5.89 Å². The van der Waals surface area contributed by atoms with Gasteiger partial charge in [-0.25, -0.2) is 4.39 Å². The number of hydrogen-bond donors (Lipinski definition) is 0. The summed E-state index contributed by atoms with van der Waals surface area (Å²) in [6.07, 6.45) is 0. The Kier molecular flexibility index (Phi) is 4.98. The van der Waals surface area contributed by atoms with E-state index in [1.807, 2.05) is 48.5 Å². The maximum absolute atomic E-state index is 13.1. The molecule has 4 nitrogen and oxygen atoms in total. The molecule has 6 heteroatoms. The van der Waals surface area contributed by atoms with Crippen LogP contribution in [0.5, 0.6) is 5.75 Å². The quantitative estimate of drug-likeness (QED) is 0.401. The SMILES string of the molecule is Fc1ccc(-c2noc(-c3cccc(COc4ccc(Br)cc4)c3)n2)cc1. The fourth-order valence-electron chi connectivity index (χ4n) is 2.55. The Labute approximate surface area is 163 Å². The first kappa shape index (κ1) is 17.4. The lowest BCUT2D eigenvalue weighted by Gasteiger charge is -2.07. The van der Waals surface area contributed by atoms with E-state index in [0.717, 1.165) is 21.3 Å². The van der Waals surface area contributed by atoms with Crippen LogP contribution in [-0.4, -0.2) is 10.1 Å². The van der Waals surface area contributed by atoms with Crippen molar-refractivity contribution in [1.29, 1.82) is 0 Å². The molecule has 0 fully saturated rings. The van der Waals surface area contributed by atoms with Crippen molar-refractivity contribution in [1.82, 2.24) is 10.1 Å². The van der Waals surface area contributed by atoms with Crippen LogP contribution in [0.4, 0.5) is 4.39 Å². The zero-order valence-corrected chi connectivity index (χ0v) is 15.7. The van der Waals surface area contributed by atoms with Crippen LogP contribution in [0.3, 0.4) is 0 Å². The molecule has 0 spiro atoms. The van der Waals surface area contributed by atoms with Gasteiger partial charge in [-0.1, -0.05) is 33.2 Å². The topological polar surface area (TPSA) is 48.2 Å². The molecule has 0 N–H and O–H groups in total. The van der Waals surface area contributed by atoms with E-state index in [2.05, 4.69) is 26.1 Å². The Balaban J connectivity index is 1.50. The number of benzene rings is 3. The van der Waals surface area contributed by atoms with Gasteiger partial charge in [-0.15, -0.1) is 0 Å². The van der Waals surface area contributed by atoms with Crippen LogP contribution in [0.25, 0.3) is 22.8 Å². The van der Waals surface area contributed by atoms with E-state index < -0.39 is 0 Å². The summed E-state index contributed by atoms with van der Waals surface area (Å²) in [5.74, 6) is 1.31. The molecule has 134 valence electrons. The highest BCUT2D eigenvalue weighted by molar-refractivity contribution is 9.10. The van der Waals surface area contributed by atoms with Crippen molar-refractivity contribution in [3.05, 3.63) is 88.6 Å². The number of nitrogens with zero attached hydrogens (tertiary/aromatic N) is 2. The van der Waals surface area contributed by atoms with Crippen LogP contribution >= 0.6 is 15.9 Å². The van der Waals surface area contributed by atoms with Gasteiger partial charge in [-0.2, -0.15) is 4.98 Å². The highest BCUT2D eigenvalue weighted by Crippen LogP contribution is 2.24.